The number of likely N-dealkylation sites (N-methyl/N-ethyl adjacent to an activating group) is 1. The molecule has 3 amide bonds. The number of nitrogens with one attached hydrogen (secondary N) is 2. The molecule has 0 aromatic rings. The zero-order valence-electron chi connectivity index (χ0n) is 18.0. The molecule has 0 radical (unpaired) electrons. The molecule has 0 bridgehead atoms. The number of carbonyl (C=O) groups is 2. The SMILES string of the molecule is CCNC(=O)N(CCN(C)C)C(=O)[C@@H](CNC)C[C@H]1CCCC2(C1)OCCO2. The van der Waals surface area contributed by atoms with Crippen LogP contribution in [0.4, 0.5) is 4.79 Å². The Labute approximate surface area is 169 Å². The Balaban J connectivity index is 2.05. The van der Waals surface area contributed by atoms with Crippen LogP contribution >= 0.6 is 0 Å². The van der Waals surface area contributed by atoms with E-state index >= 15 is 0 Å². The van der Waals surface area contributed by atoms with Crippen molar-refractivity contribution < 1.29 is 19.1 Å². The normalized spacial score (nSPS) is 22.4. The maximum atomic E-state index is 13.3. The molecular weight excluding hydrogens is 360 g/mol. The highest BCUT2D eigenvalue weighted by Gasteiger charge is 2.42. The Morgan fingerprint density at radius 3 is 2.54 bits per heavy atom. The molecule has 2 rings (SSSR count). The van der Waals surface area contributed by atoms with Gasteiger partial charge in [-0.3, -0.25) is 9.69 Å². The molecule has 1 aliphatic heterocycles. The number of amides is 3. The summed E-state index contributed by atoms with van der Waals surface area (Å²) in [6.45, 7) is 5.26. The highest BCUT2D eigenvalue weighted by molar-refractivity contribution is 5.95. The summed E-state index contributed by atoms with van der Waals surface area (Å²) >= 11 is 0. The monoisotopic (exact) mass is 398 g/mol. The number of nitrogens with zero attached hydrogens (tertiary/aromatic N) is 2. The van der Waals surface area contributed by atoms with Gasteiger partial charge in [0.1, 0.15) is 0 Å². The number of hydrogen-bond acceptors (Lipinski definition) is 6. The van der Waals surface area contributed by atoms with E-state index in [0.29, 0.717) is 45.3 Å². The van der Waals surface area contributed by atoms with E-state index in [9.17, 15) is 9.59 Å². The summed E-state index contributed by atoms with van der Waals surface area (Å²) in [5, 5.41) is 5.92. The molecule has 1 aliphatic carbocycles. The number of ether oxygens (including phenoxy) is 2. The third-order valence-corrected chi connectivity index (χ3v) is 5.61. The minimum Gasteiger partial charge on any atom is -0.348 e. The van der Waals surface area contributed by atoms with Crippen molar-refractivity contribution >= 4 is 11.9 Å². The molecule has 0 aromatic heterocycles. The first-order valence-electron chi connectivity index (χ1n) is 10.6. The fraction of sp³-hybridized carbons (Fsp3) is 0.900. The highest BCUT2D eigenvalue weighted by Crippen LogP contribution is 2.41. The Kier molecular flexibility index (Phi) is 9.14. The summed E-state index contributed by atoms with van der Waals surface area (Å²) in [5.41, 5.74) is 0. The lowest BCUT2D eigenvalue weighted by molar-refractivity contribution is -0.188. The first kappa shape index (κ1) is 23.1. The molecule has 2 aliphatic rings. The van der Waals surface area contributed by atoms with E-state index in [2.05, 4.69) is 10.6 Å². The van der Waals surface area contributed by atoms with Crippen LogP contribution in [0.15, 0.2) is 0 Å². The molecule has 1 saturated carbocycles. The topological polar surface area (TPSA) is 83.1 Å². The molecular formula is C20H38N4O4. The van der Waals surface area contributed by atoms with Gasteiger partial charge in [-0.25, -0.2) is 4.79 Å². The van der Waals surface area contributed by atoms with Gasteiger partial charge in [0.2, 0.25) is 5.91 Å². The number of carbonyl (C=O) groups excluding carboxylic acids is 2. The van der Waals surface area contributed by atoms with Gasteiger partial charge in [0.15, 0.2) is 5.79 Å². The third kappa shape index (κ3) is 6.40. The Bertz CT molecular complexity index is 508. The van der Waals surface area contributed by atoms with Crippen LogP contribution in [0, 0.1) is 11.8 Å². The molecule has 0 aromatic carbocycles. The summed E-state index contributed by atoms with van der Waals surface area (Å²) in [5.74, 6) is -0.425. The van der Waals surface area contributed by atoms with E-state index in [1.54, 1.807) is 0 Å². The van der Waals surface area contributed by atoms with Crippen molar-refractivity contribution in [1.29, 1.82) is 0 Å². The fourth-order valence-electron chi connectivity index (χ4n) is 4.26. The van der Waals surface area contributed by atoms with Gasteiger partial charge >= 0.3 is 6.03 Å². The summed E-state index contributed by atoms with van der Waals surface area (Å²) in [6, 6.07) is -0.307. The molecule has 28 heavy (non-hydrogen) atoms. The van der Waals surface area contributed by atoms with Crippen LogP contribution in [0.3, 0.4) is 0 Å². The zero-order valence-corrected chi connectivity index (χ0v) is 18.0. The summed E-state index contributed by atoms with van der Waals surface area (Å²) in [6.07, 6.45) is 4.62. The molecule has 162 valence electrons. The van der Waals surface area contributed by atoms with Crippen molar-refractivity contribution in [3.05, 3.63) is 0 Å². The van der Waals surface area contributed by atoms with Crippen LogP contribution in [0.1, 0.15) is 39.0 Å². The smallest absolute Gasteiger partial charge is 0.324 e. The lowest BCUT2D eigenvalue weighted by Gasteiger charge is -2.37. The predicted octanol–water partition coefficient (Wildman–Crippen LogP) is 1.27. The van der Waals surface area contributed by atoms with Crippen LogP contribution < -0.4 is 10.6 Å². The first-order valence-corrected chi connectivity index (χ1v) is 10.6. The first-order chi connectivity index (χ1) is 13.4. The van der Waals surface area contributed by atoms with Crippen molar-refractivity contribution in [3.8, 4) is 0 Å². The van der Waals surface area contributed by atoms with Gasteiger partial charge < -0.3 is 25.0 Å². The molecule has 8 heteroatoms. The van der Waals surface area contributed by atoms with E-state index in [-0.39, 0.29) is 17.9 Å². The van der Waals surface area contributed by atoms with Gasteiger partial charge in [-0.15, -0.1) is 0 Å². The number of hydrogen-bond donors (Lipinski definition) is 2. The maximum absolute atomic E-state index is 13.3. The summed E-state index contributed by atoms with van der Waals surface area (Å²) in [7, 11) is 5.73. The quantitative estimate of drug-likeness (QED) is 0.609. The Hall–Kier alpha value is -1.22. The average Bonchev–Trinajstić information content (AvgIpc) is 3.09. The van der Waals surface area contributed by atoms with Gasteiger partial charge in [0, 0.05) is 39.0 Å². The lowest BCUT2D eigenvalue weighted by Crippen LogP contribution is -2.50. The molecule has 2 atom stereocenters. The molecule has 2 N–H and O–H groups in total. The largest absolute Gasteiger partial charge is 0.348 e. The van der Waals surface area contributed by atoms with E-state index in [0.717, 1.165) is 32.1 Å². The van der Waals surface area contributed by atoms with Gasteiger partial charge in [-0.1, -0.05) is 6.42 Å². The molecule has 1 saturated heterocycles. The number of urea groups is 1. The predicted molar refractivity (Wildman–Crippen MR) is 108 cm³/mol. The fourth-order valence-corrected chi connectivity index (χ4v) is 4.26. The second kappa shape index (κ2) is 11.1. The second-order valence-corrected chi connectivity index (χ2v) is 8.19. The van der Waals surface area contributed by atoms with E-state index < -0.39 is 5.79 Å². The number of rotatable bonds is 9. The minimum atomic E-state index is -0.444. The van der Waals surface area contributed by atoms with Crippen LogP contribution in [-0.2, 0) is 14.3 Å². The summed E-state index contributed by atoms with van der Waals surface area (Å²) in [4.78, 5) is 29.2. The molecule has 8 nitrogen and oxygen atoms in total. The molecule has 1 spiro atoms. The van der Waals surface area contributed by atoms with Gasteiger partial charge in [-0.05, 0) is 46.8 Å². The highest BCUT2D eigenvalue weighted by atomic mass is 16.7. The van der Waals surface area contributed by atoms with Gasteiger partial charge in [0.05, 0.1) is 19.1 Å². The summed E-state index contributed by atoms with van der Waals surface area (Å²) < 4.78 is 11.8. The average molecular weight is 399 g/mol. The van der Waals surface area contributed by atoms with Gasteiger partial charge in [0.25, 0.3) is 0 Å². The van der Waals surface area contributed by atoms with Crippen molar-refractivity contribution in [3.63, 3.8) is 0 Å². The van der Waals surface area contributed by atoms with Crippen molar-refractivity contribution in [2.24, 2.45) is 11.8 Å². The molecule has 2 fully saturated rings. The van der Waals surface area contributed by atoms with Crippen molar-refractivity contribution in [2.45, 2.75) is 44.8 Å². The minimum absolute atomic E-state index is 0.102. The third-order valence-electron chi connectivity index (χ3n) is 5.61. The maximum Gasteiger partial charge on any atom is 0.324 e. The van der Waals surface area contributed by atoms with Crippen LogP contribution in [0.2, 0.25) is 0 Å². The standard InChI is InChI=1S/C20H38N4O4/c1-5-22-19(26)24(10-9-23(3)4)18(25)17(15-21-2)13-16-7-6-8-20(14-16)27-11-12-28-20/h16-17,21H,5-15H2,1-4H3,(H,22,26)/t16-,17-/m1/s1. The Morgan fingerprint density at radius 1 is 1.21 bits per heavy atom. The van der Waals surface area contributed by atoms with Crippen LogP contribution in [0.5, 0.6) is 0 Å². The van der Waals surface area contributed by atoms with Crippen molar-refractivity contribution in [2.75, 3.05) is 60.5 Å². The Morgan fingerprint density at radius 2 is 1.93 bits per heavy atom. The molecule has 1 heterocycles. The lowest BCUT2D eigenvalue weighted by atomic mass is 9.79. The van der Waals surface area contributed by atoms with E-state index in [4.69, 9.17) is 9.47 Å². The van der Waals surface area contributed by atoms with Crippen molar-refractivity contribution in [1.82, 2.24) is 20.4 Å². The zero-order chi connectivity index (χ0) is 20.6. The second-order valence-electron chi connectivity index (χ2n) is 8.19. The van der Waals surface area contributed by atoms with Gasteiger partial charge in [-0.2, -0.15) is 0 Å². The van der Waals surface area contributed by atoms with E-state index in [1.807, 2.05) is 33.0 Å². The van der Waals surface area contributed by atoms with E-state index in [1.165, 1.54) is 4.90 Å². The van der Waals surface area contributed by atoms with Crippen LogP contribution in [-0.4, -0.2) is 88.1 Å². The number of imide groups is 1. The molecule has 0 unspecified atom stereocenters. The van der Waals surface area contributed by atoms with Crippen LogP contribution in [0.25, 0.3) is 0 Å².